The standard InChI is InChI=1S/C13H12BrClO2S/c1-16-9-6-5-8(13(17-2)11(9)14)12(15)10-4-3-7-18-10/h3-7,12H,1-2H3. The van der Waals surface area contributed by atoms with Gasteiger partial charge in [0.2, 0.25) is 0 Å². The van der Waals surface area contributed by atoms with Crippen LogP contribution < -0.4 is 9.47 Å². The van der Waals surface area contributed by atoms with Crippen LogP contribution in [0.3, 0.4) is 0 Å². The van der Waals surface area contributed by atoms with Crippen LogP contribution in [0.5, 0.6) is 11.5 Å². The van der Waals surface area contributed by atoms with E-state index in [0.29, 0.717) is 5.75 Å². The Morgan fingerprint density at radius 3 is 2.56 bits per heavy atom. The van der Waals surface area contributed by atoms with E-state index in [0.717, 1.165) is 20.7 Å². The minimum absolute atomic E-state index is 0.220. The van der Waals surface area contributed by atoms with Crippen LogP contribution in [0.1, 0.15) is 15.8 Å². The van der Waals surface area contributed by atoms with Crippen molar-refractivity contribution in [2.24, 2.45) is 0 Å². The van der Waals surface area contributed by atoms with Crippen LogP contribution in [-0.2, 0) is 0 Å². The molecule has 0 radical (unpaired) electrons. The summed E-state index contributed by atoms with van der Waals surface area (Å²) in [6, 6.07) is 7.81. The predicted octanol–water partition coefficient (Wildman–Crippen LogP) is 4.86. The first-order valence-corrected chi connectivity index (χ1v) is 7.37. The van der Waals surface area contributed by atoms with E-state index in [4.69, 9.17) is 21.1 Å². The second kappa shape index (κ2) is 5.95. The van der Waals surface area contributed by atoms with Crippen molar-refractivity contribution < 1.29 is 9.47 Å². The molecular formula is C13H12BrClO2S. The van der Waals surface area contributed by atoms with Gasteiger partial charge in [0.15, 0.2) is 0 Å². The van der Waals surface area contributed by atoms with Gasteiger partial charge in [-0.3, -0.25) is 0 Å². The van der Waals surface area contributed by atoms with Crippen molar-refractivity contribution in [1.82, 2.24) is 0 Å². The molecule has 0 N–H and O–H groups in total. The van der Waals surface area contributed by atoms with Crippen LogP contribution in [0.2, 0.25) is 0 Å². The van der Waals surface area contributed by atoms with E-state index < -0.39 is 0 Å². The molecule has 5 heteroatoms. The SMILES string of the molecule is COc1ccc(C(Cl)c2cccs2)c(OC)c1Br. The first-order valence-electron chi connectivity index (χ1n) is 5.27. The monoisotopic (exact) mass is 346 g/mol. The molecule has 0 bridgehead atoms. The number of halogens is 2. The van der Waals surface area contributed by atoms with Gasteiger partial charge in [-0.2, -0.15) is 0 Å². The third-order valence-corrected chi connectivity index (χ3v) is 4.87. The molecule has 0 spiro atoms. The highest BCUT2D eigenvalue weighted by Crippen LogP contribution is 2.44. The fraction of sp³-hybridized carbons (Fsp3) is 0.231. The van der Waals surface area contributed by atoms with Crippen LogP contribution in [0.25, 0.3) is 0 Å². The normalized spacial score (nSPS) is 12.2. The first-order chi connectivity index (χ1) is 8.69. The Morgan fingerprint density at radius 2 is 2.00 bits per heavy atom. The summed E-state index contributed by atoms with van der Waals surface area (Å²) in [5, 5.41) is 1.79. The lowest BCUT2D eigenvalue weighted by Crippen LogP contribution is -1.98. The fourth-order valence-electron chi connectivity index (χ4n) is 1.71. The van der Waals surface area contributed by atoms with Gasteiger partial charge in [0, 0.05) is 10.4 Å². The maximum Gasteiger partial charge on any atom is 0.141 e. The molecule has 0 saturated heterocycles. The predicted molar refractivity (Wildman–Crippen MR) is 79.3 cm³/mol. The molecule has 1 unspecified atom stereocenters. The lowest BCUT2D eigenvalue weighted by molar-refractivity contribution is 0.386. The van der Waals surface area contributed by atoms with Crippen molar-refractivity contribution in [3.05, 3.63) is 44.6 Å². The van der Waals surface area contributed by atoms with Crippen molar-refractivity contribution in [1.29, 1.82) is 0 Å². The van der Waals surface area contributed by atoms with Gasteiger partial charge in [0.1, 0.15) is 16.0 Å². The second-order valence-electron chi connectivity index (χ2n) is 3.58. The number of methoxy groups -OCH3 is 2. The van der Waals surface area contributed by atoms with Gasteiger partial charge < -0.3 is 9.47 Å². The number of benzene rings is 1. The Balaban J connectivity index is 2.48. The van der Waals surface area contributed by atoms with Crippen LogP contribution in [-0.4, -0.2) is 14.2 Å². The summed E-state index contributed by atoms with van der Waals surface area (Å²) in [5.74, 6) is 1.44. The molecule has 2 rings (SSSR count). The second-order valence-corrected chi connectivity index (χ2v) is 5.79. The summed E-state index contributed by atoms with van der Waals surface area (Å²) in [6.07, 6.45) is 0. The molecule has 2 aromatic rings. The van der Waals surface area contributed by atoms with Crippen molar-refractivity contribution in [3.8, 4) is 11.5 Å². The molecule has 1 aromatic heterocycles. The van der Waals surface area contributed by atoms with E-state index >= 15 is 0 Å². The van der Waals surface area contributed by atoms with E-state index in [1.165, 1.54) is 0 Å². The summed E-state index contributed by atoms with van der Waals surface area (Å²) >= 11 is 11.6. The van der Waals surface area contributed by atoms with Crippen LogP contribution in [0.15, 0.2) is 34.1 Å². The molecule has 2 nitrogen and oxygen atoms in total. The molecule has 1 heterocycles. The lowest BCUT2D eigenvalue weighted by Gasteiger charge is -2.16. The Kier molecular flexibility index (Phi) is 4.54. The molecule has 0 aliphatic heterocycles. The molecule has 96 valence electrons. The summed E-state index contributed by atoms with van der Waals surface area (Å²) in [4.78, 5) is 1.09. The Hall–Kier alpha value is -0.710. The largest absolute Gasteiger partial charge is 0.495 e. The minimum atomic E-state index is -0.220. The number of ether oxygens (including phenoxy) is 2. The highest BCUT2D eigenvalue weighted by Gasteiger charge is 2.20. The Morgan fingerprint density at radius 1 is 1.22 bits per heavy atom. The number of thiophene rings is 1. The van der Waals surface area contributed by atoms with Gasteiger partial charge in [-0.15, -0.1) is 22.9 Å². The zero-order chi connectivity index (χ0) is 13.1. The number of hydrogen-bond donors (Lipinski definition) is 0. The lowest BCUT2D eigenvalue weighted by atomic mass is 10.1. The molecule has 0 saturated carbocycles. The van der Waals surface area contributed by atoms with Gasteiger partial charge in [-0.25, -0.2) is 0 Å². The average Bonchev–Trinajstić information content (AvgIpc) is 2.91. The number of rotatable bonds is 4. The van der Waals surface area contributed by atoms with E-state index in [1.807, 2.05) is 29.6 Å². The molecular weight excluding hydrogens is 336 g/mol. The molecule has 0 aliphatic carbocycles. The van der Waals surface area contributed by atoms with Crippen molar-refractivity contribution in [2.75, 3.05) is 14.2 Å². The van der Waals surface area contributed by atoms with Gasteiger partial charge >= 0.3 is 0 Å². The zero-order valence-corrected chi connectivity index (χ0v) is 13.1. The summed E-state index contributed by atoms with van der Waals surface area (Å²) in [7, 11) is 3.25. The fourth-order valence-corrected chi connectivity index (χ4v) is 3.51. The quantitative estimate of drug-likeness (QED) is 0.736. The maximum absolute atomic E-state index is 6.49. The van der Waals surface area contributed by atoms with Crippen molar-refractivity contribution in [2.45, 2.75) is 5.38 Å². The Labute approximate surface area is 124 Å². The minimum Gasteiger partial charge on any atom is -0.495 e. The number of alkyl halides is 1. The highest BCUT2D eigenvalue weighted by molar-refractivity contribution is 9.10. The third-order valence-electron chi connectivity index (χ3n) is 2.58. The third kappa shape index (κ3) is 2.51. The average molecular weight is 348 g/mol. The van der Waals surface area contributed by atoms with E-state index in [9.17, 15) is 0 Å². The smallest absolute Gasteiger partial charge is 0.141 e. The van der Waals surface area contributed by atoms with E-state index in [1.54, 1.807) is 25.6 Å². The molecule has 1 aromatic carbocycles. The highest BCUT2D eigenvalue weighted by atomic mass is 79.9. The topological polar surface area (TPSA) is 18.5 Å². The van der Waals surface area contributed by atoms with Crippen LogP contribution in [0.4, 0.5) is 0 Å². The van der Waals surface area contributed by atoms with Crippen LogP contribution in [0, 0.1) is 0 Å². The summed E-state index contributed by atoms with van der Waals surface area (Å²) < 4.78 is 11.5. The molecule has 1 atom stereocenters. The molecule has 0 aliphatic rings. The zero-order valence-electron chi connectivity index (χ0n) is 9.94. The number of hydrogen-bond acceptors (Lipinski definition) is 3. The van der Waals surface area contributed by atoms with Gasteiger partial charge in [0.05, 0.1) is 19.6 Å². The van der Waals surface area contributed by atoms with Gasteiger partial charge in [0.25, 0.3) is 0 Å². The molecule has 18 heavy (non-hydrogen) atoms. The molecule has 0 fully saturated rings. The Bertz CT molecular complexity index is 528. The van der Waals surface area contributed by atoms with Gasteiger partial charge in [-0.1, -0.05) is 6.07 Å². The van der Waals surface area contributed by atoms with E-state index in [2.05, 4.69) is 15.9 Å². The summed E-state index contributed by atoms with van der Waals surface area (Å²) in [6.45, 7) is 0. The van der Waals surface area contributed by atoms with Crippen molar-refractivity contribution >= 4 is 38.9 Å². The summed E-state index contributed by atoms with van der Waals surface area (Å²) in [5.41, 5.74) is 0.925. The maximum atomic E-state index is 6.49. The van der Waals surface area contributed by atoms with Crippen LogP contribution >= 0.6 is 38.9 Å². The molecule has 0 amide bonds. The van der Waals surface area contributed by atoms with E-state index in [-0.39, 0.29) is 5.38 Å². The van der Waals surface area contributed by atoms with Crippen molar-refractivity contribution in [3.63, 3.8) is 0 Å². The van der Waals surface area contributed by atoms with Gasteiger partial charge in [-0.05, 0) is 39.5 Å². The first kappa shape index (κ1) is 13.7.